The Morgan fingerprint density at radius 1 is 1.07 bits per heavy atom. The largest absolute Gasteiger partial charge is 0.402 e. The van der Waals surface area contributed by atoms with Crippen LogP contribution >= 0.6 is 0 Å². The van der Waals surface area contributed by atoms with Gasteiger partial charge in [0.05, 0.1) is 5.69 Å². The van der Waals surface area contributed by atoms with E-state index in [1.54, 1.807) is 30.9 Å². The normalized spacial score (nSPS) is 12.3. The molecule has 0 aliphatic carbocycles. The summed E-state index contributed by atoms with van der Waals surface area (Å²) >= 11 is 0. The zero-order valence-corrected chi connectivity index (χ0v) is 15.4. The molecule has 0 unspecified atom stereocenters. The van der Waals surface area contributed by atoms with E-state index in [0.717, 1.165) is 17.5 Å². The van der Waals surface area contributed by atoms with Crippen molar-refractivity contribution in [1.29, 1.82) is 0 Å². The second-order valence-electron chi connectivity index (χ2n) is 6.15. The molecule has 0 amide bonds. The number of pyridine rings is 2. The molecule has 0 atom stereocenters. The van der Waals surface area contributed by atoms with E-state index in [2.05, 4.69) is 21.5 Å². The number of allylic oxidation sites excluding steroid dienone is 4. The number of aromatic nitrogens is 5. The van der Waals surface area contributed by atoms with Crippen molar-refractivity contribution in [2.24, 2.45) is 5.73 Å². The van der Waals surface area contributed by atoms with Gasteiger partial charge < -0.3 is 10.7 Å². The highest BCUT2D eigenvalue weighted by atomic mass is 19.1. The SMILES string of the molecule is C=C/C=C(\C(F)=C/N)c1nc2cc(-c3cccnc3)[nH]c2nc1-c1cccnc1. The number of nitrogens with zero attached hydrogens (tertiary/aromatic N) is 4. The summed E-state index contributed by atoms with van der Waals surface area (Å²) in [5, 5.41) is 0. The molecule has 142 valence electrons. The van der Waals surface area contributed by atoms with Crippen LogP contribution in [0.2, 0.25) is 0 Å². The molecule has 4 aromatic rings. The zero-order valence-electron chi connectivity index (χ0n) is 15.4. The van der Waals surface area contributed by atoms with Gasteiger partial charge in [-0.2, -0.15) is 0 Å². The topological polar surface area (TPSA) is 93.4 Å². The minimum absolute atomic E-state index is 0.194. The van der Waals surface area contributed by atoms with Gasteiger partial charge in [0.1, 0.15) is 22.7 Å². The first kappa shape index (κ1) is 18.2. The third kappa shape index (κ3) is 3.53. The Labute approximate surface area is 166 Å². The van der Waals surface area contributed by atoms with Crippen LogP contribution in [0, 0.1) is 0 Å². The smallest absolute Gasteiger partial charge is 0.157 e. The van der Waals surface area contributed by atoms with Crippen LogP contribution in [0.4, 0.5) is 4.39 Å². The maximum Gasteiger partial charge on any atom is 0.157 e. The lowest BCUT2D eigenvalue weighted by Gasteiger charge is -2.10. The second kappa shape index (κ2) is 7.85. The minimum atomic E-state index is -0.619. The van der Waals surface area contributed by atoms with Crippen molar-refractivity contribution >= 4 is 16.7 Å². The maximum absolute atomic E-state index is 14.6. The van der Waals surface area contributed by atoms with Crippen molar-refractivity contribution in [3.8, 4) is 22.5 Å². The van der Waals surface area contributed by atoms with Gasteiger partial charge in [0.25, 0.3) is 0 Å². The van der Waals surface area contributed by atoms with Crippen molar-refractivity contribution in [2.75, 3.05) is 0 Å². The number of halogens is 1. The molecule has 29 heavy (non-hydrogen) atoms. The third-order valence-electron chi connectivity index (χ3n) is 4.31. The average molecular weight is 384 g/mol. The molecular weight excluding hydrogens is 367 g/mol. The predicted molar refractivity (Wildman–Crippen MR) is 112 cm³/mol. The van der Waals surface area contributed by atoms with Gasteiger partial charge in [0, 0.05) is 47.7 Å². The molecular formula is C22H17FN6. The Kier molecular flexibility index (Phi) is 4.94. The van der Waals surface area contributed by atoms with Gasteiger partial charge in [-0.25, -0.2) is 14.4 Å². The summed E-state index contributed by atoms with van der Waals surface area (Å²) in [6.45, 7) is 3.67. The van der Waals surface area contributed by atoms with Crippen LogP contribution in [0.25, 0.3) is 39.3 Å². The van der Waals surface area contributed by atoms with Gasteiger partial charge in [-0.05, 0) is 30.3 Å². The molecule has 0 saturated carbocycles. The van der Waals surface area contributed by atoms with Crippen molar-refractivity contribution in [1.82, 2.24) is 24.9 Å². The molecule has 0 saturated heterocycles. The highest BCUT2D eigenvalue weighted by Gasteiger charge is 2.19. The van der Waals surface area contributed by atoms with Crippen LogP contribution < -0.4 is 5.73 Å². The Morgan fingerprint density at radius 2 is 1.79 bits per heavy atom. The molecule has 4 rings (SSSR count). The molecule has 0 fully saturated rings. The molecule has 0 spiro atoms. The molecule has 7 heteroatoms. The number of fused-ring (bicyclic) bond motifs is 1. The number of nitrogens with two attached hydrogens (primary N) is 1. The van der Waals surface area contributed by atoms with Crippen molar-refractivity contribution < 1.29 is 4.39 Å². The zero-order chi connectivity index (χ0) is 20.2. The molecule has 0 aromatic carbocycles. The number of nitrogens with one attached hydrogen (secondary N) is 1. The number of hydrogen-bond acceptors (Lipinski definition) is 5. The van der Waals surface area contributed by atoms with Crippen LogP contribution in [-0.4, -0.2) is 24.9 Å². The quantitative estimate of drug-likeness (QED) is 0.497. The van der Waals surface area contributed by atoms with E-state index in [9.17, 15) is 4.39 Å². The van der Waals surface area contributed by atoms with E-state index in [-0.39, 0.29) is 5.57 Å². The van der Waals surface area contributed by atoms with E-state index >= 15 is 0 Å². The number of aromatic amines is 1. The van der Waals surface area contributed by atoms with E-state index in [1.165, 1.54) is 12.2 Å². The average Bonchev–Trinajstić information content (AvgIpc) is 3.20. The number of hydrogen-bond donors (Lipinski definition) is 2. The van der Waals surface area contributed by atoms with Gasteiger partial charge in [-0.3, -0.25) is 9.97 Å². The standard InChI is InChI=1S/C22H17FN6/c1-2-5-16(17(23)11-24)21-20(15-7-4-9-26-13-15)29-22-19(27-21)10-18(28-22)14-6-3-8-25-12-14/h2-13H,1,24H2,(H,28,29)/b16-5+,17-11+. The van der Waals surface area contributed by atoms with Gasteiger partial charge >= 0.3 is 0 Å². The molecule has 0 bridgehead atoms. The fourth-order valence-electron chi connectivity index (χ4n) is 2.99. The van der Waals surface area contributed by atoms with E-state index in [1.807, 2.05) is 24.3 Å². The Balaban J connectivity index is 1.99. The van der Waals surface area contributed by atoms with Gasteiger partial charge in [-0.15, -0.1) is 0 Å². The van der Waals surface area contributed by atoms with Gasteiger partial charge in [0.15, 0.2) is 5.65 Å². The summed E-state index contributed by atoms with van der Waals surface area (Å²) in [6, 6.07) is 9.26. The maximum atomic E-state index is 14.6. The highest BCUT2D eigenvalue weighted by Crippen LogP contribution is 2.33. The molecule has 4 aromatic heterocycles. The minimum Gasteiger partial charge on any atom is -0.402 e. The van der Waals surface area contributed by atoms with Crippen molar-refractivity contribution in [3.63, 3.8) is 0 Å². The van der Waals surface area contributed by atoms with Crippen molar-refractivity contribution in [3.05, 3.63) is 91.6 Å². The first-order valence-electron chi connectivity index (χ1n) is 8.83. The number of H-pyrrole nitrogens is 1. The fourth-order valence-corrected chi connectivity index (χ4v) is 2.99. The summed E-state index contributed by atoms with van der Waals surface area (Å²) < 4.78 is 14.6. The van der Waals surface area contributed by atoms with Crippen LogP contribution in [0.3, 0.4) is 0 Å². The monoisotopic (exact) mass is 384 g/mol. The van der Waals surface area contributed by atoms with E-state index in [4.69, 9.17) is 15.7 Å². The molecule has 3 N–H and O–H groups in total. The lowest BCUT2D eigenvalue weighted by atomic mass is 10.0. The molecule has 0 aliphatic rings. The molecule has 0 radical (unpaired) electrons. The van der Waals surface area contributed by atoms with Crippen LogP contribution in [0.15, 0.2) is 85.9 Å². The van der Waals surface area contributed by atoms with Crippen LogP contribution in [0.5, 0.6) is 0 Å². The Morgan fingerprint density at radius 3 is 2.41 bits per heavy atom. The van der Waals surface area contributed by atoms with E-state index < -0.39 is 5.83 Å². The third-order valence-corrected chi connectivity index (χ3v) is 4.31. The summed E-state index contributed by atoms with van der Waals surface area (Å²) in [5.41, 5.74) is 10.0. The highest BCUT2D eigenvalue weighted by molar-refractivity contribution is 5.89. The Hall–Kier alpha value is -4.13. The summed E-state index contributed by atoms with van der Waals surface area (Å²) in [5.74, 6) is -0.619. The lowest BCUT2D eigenvalue weighted by Crippen LogP contribution is -2.00. The fraction of sp³-hybridized carbons (Fsp3) is 0. The summed E-state index contributed by atoms with van der Waals surface area (Å²) in [4.78, 5) is 21.0. The molecule has 4 heterocycles. The Bertz CT molecular complexity index is 1230. The van der Waals surface area contributed by atoms with Gasteiger partial charge in [0.2, 0.25) is 0 Å². The summed E-state index contributed by atoms with van der Waals surface area (Å²) in [7, 11) is 0. The molecule has 0 aliphatic heterocycles. The van der Waals surface area contributed by atoms with E-state index in [0.29, 0.717) is 28.1 Å². The number of rotatable bonds is 5. The second-order valence-corrected chi connectivity index (χ2v) is 6.15. The first-order valence-corrected chi connectivity index (χ1v) is 8.83. The lowest BCUT2D eigenvalue weighted by molar-refractivity contribution is 0.669. The van der Waals surface area contributed by atoms with Crippen LogP contribution in [0.1, 0.15) is 5.69 Å². The van der Waals surface area contributed by atoms with Crippen molar-refractivity contribution in [2.45, 2.75) is 0 Å². The van der Waals surface area contributed by atoms with Crippen LogP contribution in [-0.2, 0) is 0 Å². The molecule has 6 nitrogen and oxygen atoms in total. The first-order chi connectivity index (χ1) is 14.2. The predicted octanol–water partition coefficient (Wildman–Crippen LogP) is 4.42. The summed E-state index contributed by atoms with van der Waals surface area (Å²) in [6.07, 6.45) is 10.7. The van der Waals surface area contributed by atoms with Gasteiger partial charge in [-0.1, -0.05) is 18.7 Å².